The zero-order chi connectivity index (χ0) is 34.0. The molecule has 2 aliphatic heterocycles. The lowest BCUT2D eigenvalue weighted by Gasteiger charge is -2.37. The molecular formula is C34H39Cl2N11O2. The normalized spacial score (nSPS) is 20.1. The summed E-state index contributed by atoms with van der Waals surface area (Å²) in [4.78, 5) is 23.7. The van der Waals surface area contributed by atoms with E-state index >= 15 is 0 Å². The fourth-order valence-electron chi connectivity index (χ4n) is 6.35. The summed E-state index contributed by atoms with van der Waals surface area (Å²) in [6.45, 7) is 9.02. The maximum absolute atomic E-state index is 12.8. The molecule has 0 saturated carbocycles. The van der Waals surface area contributed by atoms with Crippen molar-refractivity contribution in [3.8, 4) is 5.82 Å². The van der Waals surface area contributed by atoms with Gasteiger partial charge in [-0.25, -0.2) is 19.0 Å². The molecule has 2 N–H and O–H groups in total. The van der Waals surface area contributed by atoms with Crippen LogP contribution in [0.1, 0.15) is 31.9 Å². The van der Waals surface area contributed by atoms with Crippen LogP contribution in [0.25, 0.3) is 5.82 Å². The fraction of sp³-hybridized carbons (Fsp3) is 0.382. The molecule has 13 nitrogen and oxygen atoms in total. The Kier molecular flexibility index (Phi) is 9.59. The number of benzene rings is 2. The Balaban J connectivity index is 0.925. The molecule has 2 aromatic carbocycles. The molecule has 15 heteroatoms. The first-order valence-electron chi connectivity index (χ1n) is 16.5. The van der Waals surface area contributed by atoms with Gasteiger partial charge in [-0.3, -0.25) is 5.32 Å². The van der Waals surface area contributed by atoms with Gasteiger partial charge in [0.05, 0.1) is 43.0 Å². The number of hydrogen-bond donors (Lipinski definition) is 2. The molecule has 0 spiro atoms. The van der Waals surface area contributed by atoms with E-state index in [9.17, 15) is 4.79 Å². The summed E-state index contributed by atoms with van der Waals surface area (Å²) in [5.74, 6) is 0.573. The van der Waals surface area contributed by atoms with Gasteiger partial charge < -0.3 is 19.9 Å². The van der Waals surface area contributed by atoms with Crippen LogP contribution in [0.3, 0.4) is 0 Å². The lowest BCUT2D eigenvalue weighted by molar-refractivity contribution is -0.0347. The van der Waals surface area contributed by atoms with Gasteiger partial charge in [-0.05, 0) is 61.9 Å². The zero-order valence-corrected chi connectivity index (χ0v) is 28.9. The Labute approximate surface area is 294 Å². The van der Waals surface area contributed by atoms with Gasteiger partial charge in [-0.2, -0.15) is 20.1 Å². The van der Waals surface area contributed by atoms with Gasteiger partial charge >= 0.3 is 5.69 Å². The van der Waals surface area contributed by atoms with Crippen LogP contribution >= 0.6 is 23.2 Å². The Morgan fingerprint density at radius 3 is 2.37 bits per heavy atom. The van der Waals surface area contributed by atoms with Crippen LogP contribution in [0.4, 0.5) is 17.1 Å². The van der Waals surface area contributed by atoms with Crippen LogP contribution in [-0.4, -0.2) is 79.7 Å². The van der Waals surface area contributed by atoms with Gasteiger partial charge in [0.25, 0.3) is 0 Å². The van der Waals surface area contributed by atoms with E-state index in [0.717, 1.165) is 49.5 Å². The van der Waals surface area contributed by atoms with Crippen molar-refractivity contribution < 1.29 is 4.74 Å². The second-order valence-corrected chi connectivity index (χ2v) is 13.3. The SMILES string of the molecule is CCC(C)n1ncn(-c2ccc(N3CCN(c4ccc(NCC5COC(Cn6nccn6)(c6ccc(Cl)cc6Cl)N5)cc4)CC3)cn2)c1=O. The highest BCUT2D eigenvalue weighted by Crippen LogP contribution is 2.36. The minimum Gasteiger partial charge on any atom is -0.383 e. The van der Waals surface area contributed by atoms with Crippen molar-refractivity contribution in [2.45, 2.75) is 44.6 Å². The Hall–Kier alpha value is -4.43. The first-order valence-corrected chi connectivity index (χ1v) is 17.2. The lowest BCUT2D eigenvalue weighted by Crippen LogP contribution is -2.47. The first-order chi connectivity index (χ1) is 23.8. The molecule has 3 aromatic heterocycles. The number of aromatic nitrogens is 7. The van der Waals surface area contributed by atoms with Gasteiger partial charge in [0.1, 0.15) is 18.7 Å². The topological polar surface area (TPSA) is 123 Å². The van der Waals surface area contributed by atoms with Crippen LogP contribution in [0.15, 0.2) is 84.3 Å². The quantitative estimate of drug-likeness (QED) is 0.202. The van der Waals surface area contributed by atoms with Crippen molar-refractivity contribution in [1.82, 2.24) is 39.6 Å². The molecule has 49 heavy (non-hydrogen) atoms. The molecule has 2 fully saturated rings. The highest BCUT2D eigenvalue weighted by molar-refractivity contribution is 6.35. The molecular weight excluding hydrogens is 665 g/mol. The lowest BCUT2D eigenvalue weighted by atomic mass is 10.0. The minimum atomic E-state index is -0.895. The van der Waals surface area contributed by atoms with Gasteiger partial charge in [-0.15, -0.1) is 0 Å². The van der Waals surface area contributed by atoms with Gasteiger partial charge in [-0.1, -0.05) is 36.2 Å². The van der Waals surface area contributed by atoms with Crippen LogP contribution in [0, 0.1) is 0 Å². The highest BCUT2D eigenvalue weighted by atomic mass is 35.5. The average molecular weight is 705 g/mol. The minimum absolute atomic E-state index is 0.0158. The van der Waals surface area contributed by atoms with Crippen LogP contribution in [0.2, 0.25) is 10.0 Å². The molecule has 3 unspecified atom stereocenters. The van der Waals surface area contributed by atoms with E-state index in [1.54, 1.807) is 29.6 Å². The molecule has 0 amide bonds. The van der Waals surface area contributed by atoms with Gasteiger partial charge in [0, 0.05) is 59.7 Å². The number of anilines is 3. The highest BCUT2D eigenvalue weighted by Gasteiger charge is 2.43. The number of nitrogens with one attached hydrogen (secondary N) is 2. The second-order valence-electron chi connectivity index (χ2n) is 12.4. The number of nitrogens with zero attached hydrogens (tertiary/aromatic N) is 9. The van der Waals surface area contributed by atoms with Crippen LogP contribution < -0.4 is 26.1 Å². The third-order valence-corrected chi connectivity index (χ3v) is 9.82. The monoisotopic (exact) mass is 703 g/mol. The smallest absolute Gasteiger partial charge is 0.351 e. The molecule has 256 valence electrons. The predicted molar refractivity (Wildman–Crippen MR) is 191 cm³/mol. The van der Waals surface area contributed by atoms with E-state index in [2.05, 4.69) is 65.0 Å². The van der Waals surface area contributed by atoms with Crippen molar-refractivity contribution in [2.75, 3.05) is 54.4 Å². The molecule has 5 heterocycles. The Bertz CT molecular complexity index is 1910. The number of piperazine rings is 1. The Morgan fingerprint density at radius 1 is 0.980 bits per heavy atom. The number of pyridine rings is 1. The van der Waals surface area contributed by atoms with Crippen molar-refractivity contribution >= 4 is 40.3 Å². The van der Waals surface area contributed by atoms with Crippen molar-refractivity contribution in [3.05, 3.63) is 106 Å². The summed E-state index contributed by atoms with van der Waals surface area (Å²) < 4.78 is 9.39. The van der Waals surface area contributed by atoms with E-state index in [0.29, 0.717) is 35.6 Å². The third kappa shape index (κ3) is 7.02. The molecule has 2 saturated heterocycles. The van der Waals surface area contributed by atoms with Crippen LogP contribution in [-0.2, 0) is 17.0 Å². The number of halogens is 2. The van der Waals surface area contributed by atoms with Gasteiger partial charge in [0.15, 0.2) is 5.72 Å². The van der Waals surface area contributed by atoms with Crippen LogP contribution in [0.5, 0.6) is 0 Å². The maximum atomic E-state index is 12.8. The summed E-state index contributed by atoms with van der Waals surface area (Å²) in [6, 6.07) is 17.9. The Morgan fingerprint density at radius 2 is 1.69 bits per heavy atom. The van der Waals surface area contributed by atoms with E-state index in [4.69, 9.17) is 27.9 Å². The summed E-state index contributed by atoms with van der Waals surface area (Å²) in [6.07, 6.45) is 7.50. The third-order valence-electron chi connectivity index (χ3n) is 9.28. The first kappa shape index (κ1) is 33.1. The molecule has 7 rings (SSSR count). The van der Waals surface area contributed by atoms with Crippen molar-refractivity contribution in [2.24, 2.45) is 0 Å². The number of hydrogen-bond acceptors (Lipinski definition) is 10. The molecule has 0 bridgehead atoms. The van der Waals surface area contributed by atoms with E-state index in [1.807, 2.05) is 44.3 Å². The second kappa shape index (κ2) is 14.2. The summed E-state index contributed by atoms with van der Waals surface area (Å²) in [7, 11) is 0. The average Bonchev–Trinajstić information content (AvgIpc) is 3.88. The summed E-state index contributed by atoms with van der Waals surface area (Å²) >= 11 is 12.8. The van der Waals surface area contributed by atoms with Crippen molar-refractivity contribution in [1.29, 1.82) is 0 Å². The van der Waals surface area contributed by atoms with E-state index in [1.165, 1.54) is 14.9 Å². The summed E-state index contributed by atoms with van der Waals surface area (Å²) in [5.41, 5.74) is 2.97. The number of rotatable bonds is 11. The van der Waals surface area contributed by atoms with Crippen molar-refractivity contribution in [3.63, 3.8) is 0 Å². The standard InChI is InChI=1S/C34H39Cl2N11O2/c1-3-24(2)47-33(48)45(23-41-47)32-11-9-29(20-38-32)44-16-14-43(15-17-44)28-7-5-26(6-8-28)37-19-27-21-49-34(42-27,22-46-39-12-13-40-46)30-10-4-25(35)18-31(30)36/h4-13,18,20,23-24,27,37,42H,3,14-17,19,21-22H2,1-2H3. The zero-order valence-electron chi connectivity index (χ0n) is 27.4. The van der Waals surface area contributed by atoms with Gasteiger partial charge in [0.2, 0.25) is 0 Å². The molecule has 0 radical (unpaired) electrons. The molecule has 5 aromatic rings. The molecule has 2 aliphatic rings. The predicted octanol–water partition coefficient (Wildman–Crippen LogP) is 4.58. The van der Waals surface area contributed by atoms with E-state index < -0.39 is 5.72 Å². The fourth-order valence-corrected chi connectivity index (χ4v) is 6.91. The molecule has 0 aliphatic carbocycles. The summed E-state index contributed by atoms with van der Waals surface area (Å²) in [5, 5.41) is 21.1. The maximum Gasteiger partial charge on any atom is 0.351 e. The largest absolute Gasteiger partial charge is 0.383 e. The number of ether oxygens (including phenoxy) is 1. The van der Waals surface area contributed by atoms with E-state index in [-0.39, 0.29) is 17.8 Å². The molecule has 3 atom stereocenters.